The van der Waals surface area contributed by atoms with Crippen LogP contribution in [0.2, 0.25) is 0 Å². The molecule has 2 rings (SSSR count). The molecule has 0 bridgehead atoms. The van der Waals surface area contributed by atoms with Crippen molar-refractivity contribution in [2.75, 3.05) is 20.1 Å². The van der Waals surface area contributed by atoms with Gasteiger partial charge in [0.15, 0.2) is 0 Å². The van der Waals surface area contributed by atoms with Gasteiger partial charge < -0.3 is 9.64 Å². The molecule has 0 aromatic rings. The van der Waals surface area contributed by atoms with Gasteiger partial charge in [-0.05, 0) is 39.3 Å². The summed E-state index contributed by atoms with van der Waals surface area (Å²) in [5, 5.41) is 0. The van der Waals surface area contributed by atoms with Crippen LogP contribution in [0.5, 0.6) is 0 Å². The van der Waals surface area contributed by atoms with Crippen LogP contribution >= 0.6 is 0 Å². The lowest BCUT2D eigenvalue weighted by Gasteiger charge is -2.36. The molecule has 0 aromatic heterocycles. The molecule has 2 nitrogen and oxygen atoms in total. The van der Waals surface area contributed by atoms with Crippen LogP contribution in [0, 0.1) is 0 Å². The summed E-state index contributed by atoms with van der Waals surface area (Å²) >= 11 is 0. The number of rotatable bonds is 0. The number of ether oxygens (including phenoxy) is 1. The fourth-order valence-corrected chi connectivity index (χ4v) is 2.27. The summed E-state index contributed by atoms with van der Waals surface area (Å²) in [6.45, 7) is 6.66. The standard InChI is InChI=1S/C11H19NO/c1-9-8-11(13-10(9)2)4-6-12(3)7-5-11/h8,10H,4-7H2,1-3H3. The molecule has 0 aromatic carbocycles. The van der Waals surface area contributed by atoms with Crippen molar-refractivity contribution in [3.63, 3.8) is 0 Å². The average molecular weight is 181 g/mol. The minimum absolute atomic E-state index is 0.0933. The summed E-state index contributed by atoms with van der Waals surface area (Å²) in [4.78, 5) is 2.38. The summed E-state index contributed by atoms with van der Waals surface area (Å²) in [5.74, 6) is 0. The average Bonchev–Trinajstić information content (AvgIpc) is 2.36. The second kappa shape index (κ2) is 3.10. The van der Waals surface area contributed by atoms with E-state index in [0.29, 0.717) is 6.10 Å². The Balaban J connectivity index is 2.08. The van der Waals surface area contributed by atoms with Crippen LogP contribution < -0.4 is 0 Å². The first kappa shape index (κ1) is 9.22. The third kappa shape index (κ3) is 1.65. The highest BCUT2D eigenvalue weighted by Crippen LogP contribution is 2.36. The molecule has 2 aliphatic heterocycles. The van der Waals surface area contributed by atoms with Crippen LogP contribution in [0.15, 0.2) is 11.6 Å². The van der Waals surface area contributed by atoms with Crippen molar-refractivity contribution >= 4 is 0 Å². The molecule has 1 saturated heterocycles. The Bertz CT molecular complexity index is 226. The quantitative estimate of drug-likeness (QED) is 0.528. The van der Waals surface area contributed by atoms with Crippen molar-refractivity contribution in [1.29, 1.82) is 0 Å². The minimum atomic E-state index is 0.0933. The molecule has 13 heavy (non-hydrogen) atoms. The predicted octanol–water partition coefficient (Wildman–Crippen LogP) is 1.82. The van der Waals surface area contributed by atoms with Gasteiger partial charge in [-0.2, -0.15) is 0 Å². The van der Waals surface area contributed by atoms with Gasteiger partial charge in [0.05, 0.1) is 11.7 Å². The molecule has 0 amide bonds. The lowest BCUT2D eigenvalue weighted by Crippen LogP contribution is -2.42. The van der Waals surface area contributed by atoms with Gasteiger partial charge in [-0.15, -0.1) is 0 Å². The molecule has 2 heterocycles. The van der Waals surface area contributed by atoms with E-state index >= 15 is 0 Å². The summed E-state index contributed by atoms with van der Waals surface area (Å²) in [5.41, 5.74) is 1.50. The van der Waals surface area contributed by atoms with E-state index in [0.717, 1.165) is 25.9 Å². The Morgan fingerprint density at radius 3 is 2.54 bits per heavy atom. The molecule has 1 unspecified atom stereocenters. The second-order valence-electron chi connectivity index (χ2n) is 4.52. The number of likely N-dealkylation sites (tertiary alicyclic amines) is 1. The molecule has 1 atom stereocenters. The maximum Gasteiger partial charge on any atom is 0.0898 e. The highest BCUT2D eigenvalue weighted by molar-refractivity contribution is 5.20. The first-order valence-electron chi connectivity index (χ1n) is 5.17. The lowest BCUT2D eigenvalue weighted by atomic mass is 9.91. The van der Waals surface area contributed by atoms with Crippen LogP contribution in [0.4, 0.5) is 0 Å². The summed E-state index contributed by atoms with van der Waals surface area (Å²) in [7, 11) is 2.18. The fourth-order valence-electron chi connectivity index (χ4n) is 2.27. The van der Waals surface area contributed by atoms with Crippen LogP contribution in [0.25, 0.3) is 0 Å². The smallest absolute Gasteiger partial charge is 0.0898 e. The van der Waals surface area contributed by atoms with Crippen LogP contribution in [0.3, 0.4) is 0 Å². The summed E-state index contributed by atoms with van der Waals surface area (Å²) in [6.07, 6.45) is 5.00. The van der Waals surface area contributed by atoms with Gasteiger partial charge in [0.25, 0.3) is 0 Å². The van der Waals surface area contributed by atoms with E-state index in [1.54, 1.807) is 0 Å². The van der Waals surface area contributed by atoms with Crippen LogP contribution in [-0.4, -0.2) is 36.7 Å². The van der Waals surface area contributed by atoms with Gasteiger partial charge in [0, 0.05) is 13.1 Å². The van der Waals surface area contributed by atoms with Gasteiger partial charge in [-0.1, -0.05) is 6.08 Å². The molecule has 1 fully saturated rings. The predicted molar refractivity (Wildman–Crippen MR) is 53.8 cm³/mol. The fraction of sp³-hybridized carbons (Fsp3) is 0.818. The molecular weight excluding hydrogens is 162 g/mol. The highest BCUT2D eigenvalue weighted by Gasteiger charge is 2.38. The second-order valence-corrected chi connectivity index (χ2v) is 4.52. The van der Waals surface area contributed by atoms with Crippen molar-refractivity contribution in [3.05, 3.63) is 11.6 Å². The third-order valence-corrected chi connectivity index (χ3v) is 3.38. The van der Waals surface area contributed by atoms with Gasteiger partial charge in [-0.25, -0.2) is 0 Å². The topological polar surface area (TPSA) is 12.5 Å². The normalized spacial score (nSPS) is 33.8. The SMILES string of the molecule is CC1=CC2(CCN(C)CC2)OC1C. The lowest BCUT2D eigenvalue weighted by molar-refractivity contribution is -0.0527. The van der Waals surface area contributed by atoms with Crippen molar-refractivity contribution in [2.24, 2.45) is 0 Å². The van der Waals surface area contributed by atoms with E-state index in [1.807, 2.05) is 0 Å². The maximum atomic E-state index is 6.03. The van der Waals surface area contributed by atoms with Crippen LogP contribution in [-0.2, 0) is 4.74 Å². The zero-order valence-electron chi connectivity index (χ0n) is 8.84. The Labute approximate surface area is 80.6 Å². The minimum Gasteiger partial charge on any atom is -0.364 e. The van der Waals surface area contributed by atoms with Crippen molar-refractivity contribution < 1.29 is 4.74 Å². The van der Waals surface area contributed by atoms with Gasteiger partial charge >= 0.3 is 0 Å². The van der Waals surface area contributed by atoms with Gasteiger partial charge in [-0.3, -0.25) is 0 Å². The molecule has 0 aliphatic carbocycles. The number of hydrogen-bond acceptors (Lipinski definition) is 2. The third-order valence-electron chi connectivity index (χ3n) is 3.38. The van der Waals surface area contributed by atoms with E-state index in [1.165, 1.54) is 5.57 Å². The number of nitrogens with zero attached hydrogens (tertiary/aromatic N) is 1. The molecular formula is C11H19NO. The molecule has 2 heteroatoms. The van der Waals surface area contributed by atoms with Crippen molar-refractivity contribution in [3.8, 4) is 0 Å². The van der Waals surface area contributed by atoms with Crippen LogP contribution in [0.1, 0.15) is 26.7 Å². The Kier molecular flexibility index (Phi) is 2.20. The van der Waals surface area contributed by atoms with Crippen molar-refractivity contribution in [1.82, 2.24) is 4.90 Å². The number of piperidine rings is 1. The zero-order valence-corrected chi connectivity index (χ0v) is 8.84. The summed E-state index contributed by atoms with van der Waals surface area (Å²) in [6, 6.07) is 0. The van der Waals surface area contributed by atoms with Crippen molar-refractivity contribution in [2.45, 2.75) is 38.4 Å². The first-order valence-corrected chi connectivity index (χ1v) is 5.17. The highest BCUT2D eigenvalue weighted by atomic mass is 16.5. The zero-order chi connectivity index (χ0) is 9.47. The Hall–Kier alpha value is -0.340. The summed E-state index contributed by atoms with van der Waals surface area (Å²) < 4.78 is 6.03. The first-order chi connectivity index (χ1) is 6.11. The molecule has 74 valence electrons. The number of hydrogen-bond donors (Lipinski definition) is 0. The largest absolute Gasteiger partial charge is 0.364 e. The van der Waals surface area contributed by atoms with E-state index in [9.17, 15) is 0 Å². The molecule has 0 N–H and O–H groups in total. The van der Waals surface area contributed by atoms with E-state index < -0.39 is 0 Å². The van der Waals surface area contributed by atoms with Gasteiger partial charge in [0.2, 0.25) is 0 Å². The van der Waals surface area contributed by atoms with Gasteiger partial charge in [0.1, 0.15) is 0 Å². The molecule has 0 radical (unpaired) electrons. The monoisotopic (exact) mass is 181 g/mol. The molecule has 1 spiro atoms. The Morgan fingerprint density at radius 1 is 1.46 bits per heavy atom. The molecule has 0 saturated carbocycles. The maximum absolute atomic E-state index is 6.03. The van der Waals surface area contributed by atoms with E-state index in [2.05, 4.69) is 31.9 Å². The molecule has 2 aliphatic rings. The van der Waals surface area contributed by atoms with E-state index in [-0.39, 0.29) is 5.60 Å². The Morgan fingerprint density at radius 2 is 2.08 bits per heavy atom. The van der Waals surface area contributed by atoms with E-state index in [4.69, 9.17) is 4.74 Å².